The van der Waals surface area contributed by atoms with Crippen molar-refractivity contribution in [2.45, 2.75) is 24.9 Å². The minimum Gasteiger partial charge on any atom is -0.355 e. The normalized spacial score (nSPS) is 30.3. The molecule has 0 saturated carbocycles. The van der Waals surface area contributed by atoms with Gasteiger partial charge >= 0.3 is 0 Å². The molecule has 0 radical (unpaired) electrons. The van der Waals surface area contributed by atoms with Crippen molar-refractivity contribution >= 4 is 11.9 Å². The predicted molar refractivity (Wildman–Crippen MR) is 104 cm³/mol. The van der Waals surface area contributed by atoms with Crippen LogP contribution in [-0.4, -0.2) is 124 Å². The van der Waals surface area contributed by atoms with E-state index in [2.05, 4.69) is 30.3 Å². The molecule has 0 aromatic rings. The highest BCUT2D eigenvalue weighted by Gasteiger charge is 2.31. The van der Waals surface area contributed by atoms with E-state index in [0.29, 0.717) is 18.6 Å². The third-order valence-electron chi connectivity index (χ3n) is 5.91. The maximum absolute atomic E-state index is 11.8. The molecule has 4 heterocycles. The zero-order valence-corrected chi connectivity index (χ0v) is 16.6. The maximum atomic E-state index is 11.8. The molecule has 4 aliphatic rings. The van der Waals surface area contributed by atoms with Gasteiger partial charge in [0.05, 0.1) is 6.54 Å². The third-order valence-corrected chi connectivity index (χ3v) is 5.91. The van der Waals surface area contributed by atoms with Gasteiger partial charge in [0.15, 0.2) is 5.96 Å². The molecule has 0 aromatic heterocycles. The Balaban J connectivity index is 1.37. The number of piperidine rings is 1. The van der Waals surface area contributed by atoms with Gasteiger partial charge in [0.1, 0.15) is 0 Å². The topological polar surface area (TPSA) is 66.5 Å². The monoisotopic (exact) mass is 365 g/mol. The van der Waals surface area contributed by atoms with Crippen LogP contribution >= 0.6 is 0 Å². The van der Waals surface area contributed by atoms with Crippen LogP contribution < -0.4 is 10.6 Å². The lowest BCUT2D eigenvalue weighted by Crippen LogP contribution is -2.64. The number of likely N-dealkylation sites (N-methyl/N-ethyl adjacent to an activating group) is 1. The summed E-state index contributed by atoms with van der Waals surface area (Å²) in [7, 11) is 5.48. The van der Waals surface area contributed by atoms with Crippen molar-refractivity contribution in [3.05, 3.63) is 0 Å². The number of fused-ring (bicyclic) bond motifs is 3. The van der Waals surface area contributed by atoms with Crippen LogP contribution in [0.25, 0.3) is 0 Å². The molecule has 0 spiro atoms. The number of carbonyl (C=O) groups is 1. The summed E-state index contributed by atoms with van der Waals surface area (Å²) in [6.07, 6.45) is 2.09. The second kappa shape index (κ2) is 9.01. The van der Waals surface area contributed by atoms with Crippen LogP contribution in [0, 0.1) is 0 Å². The molecule has 2 N–H and O–H groups in total. The van der Waals surface area contributed by atoms with Gasteiger partial charge in [-0.2, -0.15) is 0 Å². The number of guanidine groups is 1. The Morgan fingerprint density at radius 2 is 1.81 bits per heavy atom. The zero-order valence-electron chi connectivity index (χ0n) is 16.6. The van der Waals surface area contributed by atoms with E-state index in [1.54, 1.807) is 4.90 Å². The van der Waals surface area contributed by atoms with Gasteiger partial charge in [0.2, 0.25) is 5.91 Å². The van der Waals surface area contributed by atoms with E-state index < -0.39 is 0 Å². The summed E-state index contributed by atoms with van der Waals surface area (Å²) in [5, 5.41) is 7.10. The zero-order chi connectivity index (χ0) is 18.5. The largest absolute Gasteiger partial charge is 0.355 e. The standard InChI is InChI=1S/C18H35N7O/c1-19-18(20-12-16-13-24-8-10-25(16)11-9-24)21-15-4-6-23(7-5-15)14-17(26)22(2)3/h15-16H,4-14H2,1-3H3,(H2,19,20,21). The van der Waals surface area contributed by atoms with E-state index in [-0.39, 0.29) is 5.91 Å². The minimum absolute atomic E-state index is 0.182. The van der Waals surface area contributed by atoms with Gasteiger partial charge in [-0.1, -0.05) is 0 Å². The van der Waals surface area contributed by atoms with Crippen LogP contribution in [-0.2, 0) is 4.79 Å². The number of likely N-dealkylation sites (tertiary alicyclic amines) is 1. The van der Waals surface area contributed by atoms with Crippen LogP contribution in [0.3, 0.4) is 0 Å². The highest BCUT2D eigenvalue weighted by molar-refractivity contribution is 5.80. The summed E-state index contributed by atoms with van der Waals surface area (Å²) in [5.74, 6) is 1.09. The molecular weight excluding hydrogens is 330 g/mol. The summed E-state index contributed by atoms with van der Waals surface area (Å²) in [6, 6.07) is 1.02. The fourth-order valence-electron chi connectivity index (χ4n) is 4.09. The molecule has 1 atom stereocenters. The first-order valence-electron chi connectivity index (χ1n) is 9.91. The van der Waals surface area contributed by atoms with Gasteiger partial charge in [-0.15, -0.1) is 0 Å². The molecule has 4 aliphatic heterocycles. The second-order valence-corrected chi connectivity index (χ2v) is 7.93. The third kappa shape index (κ3) is 5.08. The molecular formula is C18H35N7O. The number of nitrogens with zero attached hydrogens (tertiary/aromatic N) is 5. The van der Waals surface area contributed by atoms with Gasteiger partial charge in [0, 0.05) is 85.6 Å². The minimum atomic E-state index is 0.182. The SMILES string of the molecule is CN=C(NCC1CN2CCN1CC2)NC1CCN(CC(=O)N(C)C)CC1. The van der Waals surface area contributed by atoms with Crippen molar-refractivity contribution in [2.24, 2.45) is 4.99 Å². The van der Waals surface area contributed by atoms with Crippen molar-refractivity contribution in [2.75, 3.05) is 80.0 Å². The number of hydrogen-bond donors (Lipinski definition) is 2. The molecule has 2 bridgehead atoms. The number of nitrogens with one attached hydrogen (secondary N) is 2. The van der Waals surface area contributed by atoms with Crippen molar-refractivity contribution in [1.29, 1.82) is 0 Å². The van der Waals surface area contributed by atoms with E-state index in [1.165, 1.54) is 32.7 Å². The molecule has 4 rings (SSSR count). The number of piperazine rings is 3. The van der Waals surface area contributed by atoms with E-state index >= 15 is 0 Å². The quantitative estimate of drug-likeness (QED) is 0.467. The highest BCUT2D eigenvalue weighted by Crippen LogP contribution is 2.15. The van der Waals surface area contributed by atoms with E-state index in [9.17, 15) is 4.79 Å². The first kappa shape index (κ1) is 19.4. The average molecular weight is 366 g/mol. The van der Waals surface area contributed by atoms with Gasteiger partial charge < -0.3 is 15.5 Å². The second-order valence-electron chi connectivity index (χ2n) is 7.93. The van der Waals surface area contributed by atoms with Crippen molar-refractivity contribution in [3.8, 4) is 0 Å². The van der Waals surface area contributed by atoms with Gasteiger partial charge in [-0.05, 0) is 12.8 Å². The van der Waals surface area contributed by atoms with Crippen molar-refractivity contribution in [1.82, 2.24) is 30.2 Å². The molecule has 4 fully saturated rings. The lowest BCUT2D eigenvalue weighted by Gasteiger charge is -2.47. The molecule has 148 valence electrons. The smallest absolute Gasteiger partial charge is 0.236 e. The summed E-state index contributed by atoms with van der Waals surface area (Å²) in [5.41, 5.74) is 0. The number of carbonyl (C=O) groups excluding carboxylic acids is 1. The number of rotatable bonds is 5. The first-order chi connectivity index (χ1) is 12.5. The van der Waals surface area contributed by atoms with E-state index in [0.717, 1.165) is 38.4 Å². The Morgan fingerprint density at radius 1 is 1.12 bits per heavy atom. The first-order valence-corrected chi connectivity index (χ1v) is 9.91. The molecule has 26 heavy (non-hydrogen) atoms. The molecule has 1 unspecified atom stereocenters. The Morgan fingerprint density at radius 3 is 2.35 bits per heavy atom. The molecule has 8 heteroatoms. The Bertz CT molecular complexity index is 494. The summed E-state index contributed by atoms with van der Waals surface area (Å²) in [4.78, 5) is 25.3. The Kier molecular flexibility index (Phi) is 6.72. The van der Waals surface area contributed by atoms with Crippen LogP contribution in [0.1, 0.15) is 12.8 Å². The maximum Gasteiger partial charge on any atom is 0.236 e. The molecule has 0 aromatic carbocycles. The summed E-state index contributed by atoms with van der Waals surface area (Å²) < 4.78 is 0. The number of hydrogen-bond acceptors (Lipinski definition) is 5. The Labute approximate surface area is 157 Å². The van der Waals surface area contributed by atoms with E-state index in [1.807, 2.05) is 21.1 Å². The summed E-state index contributed by atoms with van der Waals surface area (Å²) >= 11 is 0. The van der Waals surface area contributed by atoms with Crippen LogP contribution in [0.5, 0.6) is 0 Å². The van der Waals surface area contributed by atoms with E-state index in [4.69, 9.17) is 0 Å². The number of aliphatic imine (C=N–C) groups is 1. The van der Waals surface area contributed by atoms with Crippen LogP contribution in [0.4, 0.5) is 0 Å². The average Bonchev–Trinajstić information content (AvgIpc) is 2.67. The van der Waals surface area contributed by atoms with Crippen molar-refractivity contribution < 1.29 is 4.79 Å². The van der Waals surface area contributed by atoms with Crippen LogP contribution in [0.2, 0.25) is 0 Å². The molecule has 4 saturated heterocycles. The lowest BCUT2D eigenvalue weighted by atomic mass is 10.1. The Hall–Kier alpha value is -1.38. The molecule has 1 amide bonds. The van der Waals surface area contributed by atoms with Crippen LogP contribution in [0.15, 0.2) is 4.99 Å². The highest BCUT2D eigenvalue weighted by atomic mass is 16.2. The lowest BCUT2D eigenvalue weighted by molar-refractivity contribution is -0.130. The van der Waals surface area contributed by atoms with Gasteiger partial charge in [-0.3, -0.25) is 24.5 Å². The summed E-state index contributed by atoms with van der Waals surface area (Å²) in [6.45, 7) is 9.40. The fourth-order valence-corrected chi connectivity index (χ4v) is 4.09. The fraction of sp³-hybridized carbons (Fsp3) is 0.889. The molecule has 0 aliphatic carbocycles. The number of amides is 1. The van der Waals surface area contributed by atoms with Crippen molar-refractivity contribution in [3.63, 3.8) is 0 Å². The predicted octanol–water partition coefficient (Wildman–Crippen LogP) is -1.30. The van der Waals surface area contributed by atoms with Gasteiger partial charge in [-0.25, -0.2) is 0 Å². The van der Waals surface area contributed by atoms with Gasteiger partial charge in [0.25, 0.3) is 0 Å². The molecule has 8 nitrogen and oxygen atoms in total.